The third kappa shape index (κ3) is 17.0. The molecule has 90 heavy (non-hydrogen) atoms. The summed E-state index contributed by atoms with van der Waals surface area (Å²) in [6, 6.07) is 15.1. The predicted molar refractivity (Wildman–Crippen MR) is 364 cm³/mol. The average molecular weight is 1230 g/mol. The first-order valence-corrected chi connectivity index (χ1v) is 32.1. The molecule has 9 aromatic rings. The molecule has 478 valence electrons. The van der Waals surface area contributed by atoms with Gasteiger partial charge in [-0.3, -0.25) is 24.4 Å². The first kappa shape index (κ1) is 66.9. The number of nitrogens with zero attached hydrogens (tertiary/aromatic N) is 11. The Morgan fingerprint density at radius 2 is 0.978 bits per heavy atom. The van der Waals surface area contributed by atoms with Crippen LogP contribution in [0.25, 0.3) is 32.3 Å². The highest BCUT2D eigenvalue weighted by molar-refractivity contribution is 5.95. The standard InChI is InChI=1S/C43H51N11O4.C15H16N6O.C6H12.2C2H6/c1-5-53-17-10-29-19-33(51-38(36(29)40(53)55)47-24-27-7-12-42(3,57)22-27)49-32-21-31(9-14-45-32)58-43(4)13-8-28(23-43)25-48-39-37-30(11-18-54(6-2)41(37)56)20-34(52-39)50-35-26-44-15-16-46-35;1-3-21-7-4-10-8-11(19-12-9-17-5-6-18-12)20-14(16-2)13(10)15(21)22;1-6-4-2-3-5-6;2*1-2/h9-11,14-21,26-28,57H,5-8,12-13,22-25H2,1-4H3,(H2,45,47,49,51)(H2,46,48,50,52);4-9H,3H2,1-2H3,(H2,16,18,19,20);6H,2-5H2,1H3;2*1-2H3/t27?,28?,42-,43-;;;;/m1..../s1. The molecule has 2 unspecified atom stereocenters. The van der Waals surface area contributed by atoms with E-state index in [1.54, 1.807) is 76.5 Å². The van der Waals surface area contributed by atoms with Crippen LogP contribution in [0.5, 0.6) is 5.75 Å². The number of aryl methyl sites for hydroxylation is 3. The molecular weight excluding hydrogens is 1130 g/mol. The van der Waals surface area contributed by atoms with Gasteiger partial charge in [-0.15, -0.1) is 0 Å². The topological polar surface area (TPSA) is 271 Å². The van der Waals surface area contributed by atoms with Gasteiger partial charge in [-0.05, 0) is 150 Å². The molecule has 3 aliphatic rings. The predicted octanol–water partition coefficient (Wildman–Crippen LogP) is 13.1. The fourth-order valence-electron chi connectivity index (χ4n) is 12.0. The minimum absolute atomic E-state index is 0.0529. The average Bonchev–Trinajstić information content (AvgIpc) is 1.05. The van der Waals surface area contributed by atoms with Crippen molar-refractivity contribution in [3.8, 4) is 5.75 Å². The Labute approximate surface area is 527 Å². The zero-order valence-electron chi connectivity index (χ0n) is 54.2. The maximum atomic E-state index is 13.5. The molecule has 0 aromatic carbocycles. The Morgan fingerprint density at radius 1 is 0.544 bits per heavy atom. The van der Waals surface area contributed by atoms with Crippen LogP contribution in [0.1, 0.15) is 133 Å². The van der Waals surface area contributed by atoms with E-state index in [-0.39, 0.29) is 28.5 Å². The monoisotopic (exact) mass is 1230 g/mol. The number of aromatic nitrogens is 11. The zero-order chi connectivity index (χ0) is 64.4. The maximum absolute atomic E-state index is 13.5. The van der Waals surface area contributed by atoms with Gasteiger partial charge < -0.3 is 55.4 Å². The SMILES string of the molecule is CC.CC.CC1CCCC1.CCn1ccc2cc(Nc3cc(O[C@]4(C)CCC(CNc5nc(Nc6cnccn6)cc6ccn(CC)c(=O)c56)C4)ccn3)nc(NCC3CC[C@@](C)(O)C3)c2c1=O.CCn1ccc2cc(Nc3cnccn3)nc(NC)c2c1=O. The van der Waals surface area contributed by atoms with E-state index < -0.39 is 11.2 Å². The molecule has 7 N–H and O–H groups in total. The first-order chi connectivity index (χ1) is 43.6. The van der Waals surface area contributed by atoms with Crippen molar-refractivity contribution in [2.75, 3.05) is 52.0 Å². The fraction of sp³-hybridized carbons (Fsp3) is 0.456. The van der Waals surface area contributed by atoms with Crippen LogP contribution in [0.3, 0.4) is 0 Å². The second-order valence-electron chi connectivity index (χ2n) is 23.3. The number of fused-ring (bicyclic) bond motifs is 3. The van der Waals surface area contributed by atoms with Gasteiger partial charge in [-0.2, -0.15) is 0 Å². The summed E-state index contributed by atoms with van der Waals surface area (Å²) in [6.45, 7) is 23.1. The molecule has 0 radical (unpaired) electrons. The molecule has 22 heteroatoms. The van der Waals surface area contributed by atoms with Crippen molar-refractivity contribution in [3.05, 3.63) is 142 Å². The molecule has 4 atom stereocenters. The third-order valence-corrected chi connectivity index (χ3v) is 16.5. The fourth-order valence-corrected chi connectivity index (χ4v) is 12.0. The molecule has 3 fully saturated rings. The summed E-state index contributed by atoms with van der Waals surface area (Å²) in [5.41, 5.74) is -1.33. The van der Waals surface area contributed by atoms with Crippen LogP contribution >= 0.6 is 0 Å². The maximum Gasteiger partial charge on any atom is 0.262 e. The van der Waals surface area contributed by atoms with E-state index in [2.05, 4.69) is 75.7 Å². The second kappa shape index (κ2) is 31.4. The van der Waals surface area contributed by atoms with Gasteiger partial charge in [0.2, 0.25) is 0 Å². The number of aliphatic hydroxyl groups is 1. The zero-order valence-corrected chi connectivity index (χ0v) is 54.2. The van der Waals surface area contributed by atoms with E-state index in [0.29, 0.717) is 113 Å². The van der Waals surface area contributed by atoms with E-state index in [9.17, 15) is 19.5 Å². The molecule has 12 rings (SSSR count). The van der Waals surface area contributed by atoms with Gasteiger partial charge in [0, 0.05) is 95.4 Å². The summed E-state index contributed by atoms with van der Waals surface area (Å²) in [5, 5.41) is 34.2. The summed E-state index contributed by atoms with van der Waals surface area (Å²) >= 11 is 0. The van der Waals surface area contributed by atoms with Gasteiger partial charge in [0.1, 0.15) is 63.7 Å². The van der Waals surface area contributed by atoms with Crippen LogP contribution in [0.15, 0.2) is 125 Å². The summed E-state index contributed by atoms with van der Waals surface area (Å²) in [4.78, 5) is 74.7. The van der Waals surface area contributed by atoms with E-state index in [4.69, 9.17) is 14.7 Å². The van der Waals surface area contributed by atoms with Gasteiger partial charge in [0.25, 0.3) is 16.7 Å². The van der Waals surface area contributed by atoms with Crippen LogP contribution in [0.2, 0.25) is 0 Å². The number of ether oxygens (including phenoxy) is 1. The lowest BCUT2D eigenvalue weighted by Crippen LogP contribution is -2.29. The Kier molecular flexibility index (Phi) is 23.3. The molecule has 9 heterocycles. The highest BCUT2D eigenvalue weighted by Crippen LogP contribution is 2.40. The van der Waals surface area contributed by atoms with Gasteiger partial charge in [0.15, 0.2) is 0 Å². The lowest BCUT2D eigenvalue weighted by Gasteiger charge is -2.26. The molecule has 3 saturated carbocycles. The first-order valence-electron chi connectivity index (χ1n) is 32.1. The summed E-state index contributed by atoms with van der Waals surface area (Å²) < 4.78 is 11.7. The largest absolute Gasteiger partial charge is 0.487 e. The van der Waals surface area contributed by atoms with Crippen LogP contribution in [0, 0.1) is 17.8 Å². The Bertz CT molecular complexity index is 3990. The molecule has 0 bridgehead atoms. The Morgan fingerprint density at radius 3 is 1.39 bits per heavy atom. The van der Waals surface area contributed by atoms with E-state index in [1.807, 2.05) is 110 Å². The van der Waals surface area contributed by atoms with Crippen LogP contribution in [-0.2, 0) is 19.6 Å². The highest BCUT2D eigenvalue weighted by atomic mass is 16.5. The minimum Gasteiger partial charge on any atom is -0.487 e. The highest BCUT2D eigenvalue weighted by Gasteiger charge is 2.37. The van der Waals surface area contributed by atoms with Gasteiger partial charge >= 0.3 is 0 Å². The summed E-state index contributed by atoms with van der Waals surface area (Å²) in [5.74, 6) is 7.30. The molecule has 0 saturated heterocycles. The van der Waals surface area contributed by atoms with Gasteiger partial charge in [-0.1, -0.05) is 60.3 Å². The second-order valence-corrected chi connectivity index (χ2v) is 23.3. The van der Waals surface area contributed by atoms with Gasteiger partial charge in [-0.25, -0.2) is 29.9 Å². The number of hydrogen-bond acceptors (Lipinski definition) is 19. The molecule has 3 aliphatic carbocycles. The van der Waals surface area contributed by atoms with Crippen LogP contribution in [0.4, 0.5) is 52.4 Å². The Hall–Kier alpha value is -9.05. The number of anilines is 9. The molecule has 0 aliphatic heterocycles. The van der Waals surface area contributed by atoms with Crippen molar-refractivity contribution in [2.24, 2.45) is 17.8 Å². The quantitative estimate of drug-likeness (QED) is 0.0421. The lowest BCUT2D eigenvalue weighted by atomic mass is 10.0. The number of hydrogen-bond donors (Lipinski definition) is 7. The molecular formula is C68H91N17O5. The van der Waals surface area contributed by atoms with Crippen LogP contribution in [-0.4, -0.2) is 90.0 Å². The summed E-state index contributed by atoms with van der Waals surface area (Å²) in [7, 11) is 1.75. The summed E-state index contributed by atoms with van der Waals surface area (Å²) in [6.07, 6.45) is 27.7. The van der Waals surface area contributed by atoms with Crippen molar-refractivity contribution in [1.82, 2.24) is 53.6 Å². The normalized spacial score (nSPS) is 18.4. The van der Waals surface area contributed by atoms with Crippen molar-refractivity contribution < 1.29 is 9.84 Å². The molecule has 0 spiro atoms. The lowest BCUT2D eigenvalue weighted by molar-refractivity contribution is 0.0641. The molecule has 9 aromatic heterocycles. The van der Waals surface area contributed by atoms with Crippen LogP contribution < -0.4 is 53.3 Å². The van der Waals surface area contributed by atoms with E-state index >= 15 is 0 Å². The number of pyridine rings is 7. The number of rotatable bonds is 18. The Balaban J connectivity index is 0.000000267. The minimum atomic E-state index is -0.663. The number of nitrogens with one attached hydrogen (secondary N) is 6. The third-order valence-electron chi connectivity index (χ3n) is 16.5. The van der Waals surface area contributed by atoms with E-state index in [1.165, 1.54) is 25.7 Å². The smallest absolute Gasteiger partial charge is 0.262 e. The van der Waals surface area contributed by atoms with Crippen molar-refractivity contribution in [2.45, 2.75) is 164 Å². The van der Waals surface area contributed by atoms with Crippen molar-refractivity contribution >= 4 is 84.7 Å². The van der Waals surface area contributed by atoms with Crippen molar-refractivity contribution in [1.29, 1.82) is 0 Å². The molecule has 0 amide bonds. The molecule has 22 nitrogen and oxygen atoms in total. The van der Waals surface area contributed by atoms with Crippen molar-refractivity contribution in [3.63, 3.8) is 0 Å². The van der Waals surface area contributed by atoms with E-state index in [0.717, 1.165) is 54.2 Å². The van der Waals surface area contributed by atoms with Gasteiger partial charge in [0.05, 0.1) is 34.2 Å².